The molecule has 0 radical (unpaired) electrons. The van der Waals surface area contributed by atoms with Crippen molar-refractivity contribution >= 4 is 17.3 Å². The SMILES string of the molecule is C#C.C#C.CCC.CCCC.COc1cccc2c1C(=O)c1c(O)c3c(c(O)c1C2=O)C[C@@](O)(C(=O)CO)CC3.O[C@H]1CCCCO1. The van der Waals surface area contributed by atoms with Crippen LogP contribution in [0.4, 0.5) is 0 Å². The van der Waals surface area contributed by atoms with Crippen LogP contribution < -0.4 is 4.74 Å². The molecule has 0 bridgehead atoms. The van der Waals surface area contributed by atoms with Crippen molar-refractivity contribution in [3.63, 3.8) is 0 Å². The lowest BCUT2D eigenvalue weighted by Crippen LogP contribution is -2.45. The second kappa shape index (κ2) is 21.6. The zero-order valence-corrected chi connectivity index (χ0v) is 28.2. The van der Waals surface area contributed by atoms with Crippen LogP contribution in [0.2, 0.25) is 0 Å². The molecule has 0 saturated carbocycles. The number of rotatable bonds is 4. The Morgan fingerprint density at radius 1 is 0.936 bits per heavy atom. The van der Waals surface area contributed by atoms with Crippen LogP contribution in [0.3, 0.4) is 0 Å². The highest BCUT2D eigenvalue weighted by atomic mass is 16.6. The molecule has 1 fully saturated rings. The number of hydrogen-bond acceptors (Lipinski definition) is 10. The van der Waals surface area contributed by atoms with Crippen LogP contribution in [-0.4, -0.2) is 75.1 Å². The summed E-state index contributed by atoms with van der Waals surface area (Å²) >= 11 is 0. The molecule has 10 heteroatoms. The average Bonchev–Trinajstić information content (AvgIpc) is 3.10. The van der Waals surface area contributed by atoms with Crippen molar-refractivity contribution in [2.75, 3.05) is 20.3 Å². The molecule has 10 nitrogen and oxygen atoms in total. The minimum atomic E-state index is -1.93. The second-order valence-electron chi connectivity index (χ2n) is 10.8. The minimum absolute atomic E-state index is 0.00456. The molecule has 2 aromatic carbocycles. The van der Waals surface area contributed by atoms with E-state index in [1.54, 1.807) is 0 Å². The van der Waals surface area contributed by atoms with Gasteiger partial charge in [0.05, 0.1) is 23.8 Å². The van der Waals surface area contributed by atoms with E-state index in [9.17, 15) is 29.7 Å². The number of benzene rings is 2. The van der Waals surface area contributed by atoms with Gasteiger partial charge in [-0.15, -0.1) is 25.7 Å². The maximum absolute atomic E-state index is 13.1. The van der Waals surface area contributed by atoms with Crippen molar-refractivity contribution in [1.29, 1.82) is 0 Å². The van der Waals surface area contributed by atoms with Gasteiger partial charge in [0.1, 0.15) is 29.5 Å². The third kappa shape index (κ3) is 10.4. The lowest BCUT2D eigenvalue weighted by Gasteiger charge is -2.34. The number of ketones is 3. The molecule has 2 aliphatic carbocycles. The Labute approximate surface area is 278 Å². The van der Waals surface area contributed by atoms with Gasteiger partial charge in [-0.3, -0.25) is 14.4 Å². The Morgan fingerprint density at radius 3 is 1.94 bits per heavy atom. The van der Waals surface area contributed by atoms with Crippen LogP contribution in [0, 0.1) is 25.7 Å². The second-order valence-corrected chi connectivity index (χ2v) is 10.8. The molecule has 3 aliphatic rings. The van der Waals surface area contributed by atoms with Crippen LogP contribution in [0.15, 0.2) is 18.2 Å². The van der Waals surface area contributed by atoms with Crippen LogP contribution in [0.1, 0.15) is 116 Å². The Morgan fingerprint density at radius 2 is 1.49 bits per heavy atom. The summed E-state index contributed by atoms with van der Waals surface area (Å²) < 4.78 is 10.0. The van der Waals surface area contributed by atoms with E-state index in [1.165, 1.54) is 44.6 Å². The lowest BCUT2D eigenvalue weighted by atomic mass is 9.73. The van der Waals surface area contributed by atoms with Gasteiger partial charge < -0.3 is 35.0 Å². The predicted octanol–water partition coefficient (Wildman–Crippen LogP) is 4.89. The molecule has 5 N–H and O–H groups in total. The first kappa shape index (κ1) is 42.8. The normalized spacial score (nSPS) is 18.3. The molecule has 1 saturated heterocycles. The molecule has 0 amide bonds. The maximum Gasteiger partial charge on any atom is 0.202 e. The van der Waals surface area contributed by atoms with Gasteiger partial charge in [-0.2, -0.15) is 0 Å². The summed E-state index contributed by atoms with van der Waals surface area (Å²) in [5, 5.41) is 50.0. The maximum atomic E-state index is 13.1. The number of Topliss-reactive ketones (excluding diaryl/α,β-unsaturated/α-hetero) is 1. The number of carbonyl (C=O) groups is 3. The summed E-state index contributed by atoms with van der Waals surface area (Å²) in [4.78, 5) is 38.2. The van der Waals surface area contributed by atoms with Crippen LogP contribution in [-0.2, 0) is 22.4 Å². The third-order valence-corrected chi connectivity index (χ3v) is 7.41. The molecule has 0 aromatic heterocycles. The van der Waals surface area contributed by atoms with Crippen molar-refractivity contribution < 1.29 is 49.4 Å². The fourth-order valence-corrected chi connectivity index (χ4v) is 4.93. The Bertz CT molecular complexity index is 1360. The number of terminal acetylenes is 2. The van der Waals surface area contributed by atoms with Gasteiger partial charge in [-0.25, -0.2) is 0 Å². The molecule has 2 aromatic rings. The smallest absolute Gasteiger partial charge is 0.202 e. The Balaban J connectivity index is 0.000000972. The molecular formula is C37H50O10. The standard InChI is InChI=1S/C21H18O8.C5H10O2.C4H10.C3H8.2C2H2/c1-29-12-4-2-3-10-14(12)20(27)16-15(18(10)25)19(26)11-7-21(28,13(23)8-22)6-5-9(11)17(16)24;6-5-3-1-2-4-7-5;1-3-4-2;1-3-2;2*1-2/h2-4,22,24,26,28H,5-8H2,1H3;5-6H,1-4H2;3-4H2,1-2H3;3H2,1-2H3;2*1-2H/t21-;5-;;;;/m11..../s1. The third-order valence-electron chi connectivity index (χ3n) is 7.41. The van der Waals surface area contributed by atoms with E-state index < -0.39 is 47.3 Å². The number of aromatic hydroxyl groups is 2. The van der Waals surface area contributed by atoms with E-state index >= 15 is 0 Å². The van der Waals surface area contributed by atoms with E-state index in [-0.39, 0.29) is 58.4 Å². The summed E-state index contributed by atoms with van der Waals surface area (Å²) in [6, 6.07) is 4.47. The first-order chi connectivity index (χ1) is 22.5. The van der Waals surface area contributed by atoms with Crippen molar-refractivity contribution in [3.05, 3.63) is 51.6 Å². The summed E-state index contributed by atoms with van der Waals surface area (Å²) in [5.41, 5.74) is -2.38. The summed E-state index contributed by atoms with van der Waals surface area (Å²) in [6.07, 6.45) is 21.9. The fraction of sp³-hybridized carbons (Fsp3) is 0.486. The summed E-state index contributed by atoms with van der Waals surface area (Å²) in [7, 11) is 1.35. The monoisotopic (exact) mass is 654 g/mol. The first-order valence-corrected chi connectivity index (χ1v) is 15.7. The van der Waals surface area contributed by atoms with Crippen molar-refractivity contribution in [2.45, 2.75) is 97.4 Å². The molecule has 0 unspecified atom stereocenters. The van der Waals surface area contributed by atoms with Gasteiger partial charge in [-0.05, 0) is 38.2 Å². The van der Waals surface area contributed by atoms with E-state index in [1.807, 2.05) is 0 Å². The van der Waals surface area contributed by atoms with Gasteiger partial charge in [0.25, 0.3) is 0 Å². The fourth-order valence-electron chi connectivity index (χ4n) is 4.93. The topological polar surface area (TPSA) is 171 Å². The van der Waals surface area contributed by atoms with Crippen molar-refractivity contribution in [2.24, 2.45) is 0 Å². The Kier molecular flexibility index (Phi) is 19.7. The number of carbonyl (C=O) groups excluding carboxylic acids is 3. The van der Waals surface area contributed by atoms with Crippen LogP contribution in [0.25, 0.3) is 0 Å². The largest absolute Gasteiger partial charge is 0.507 e. The highest BCUT2D eigenvalue weighted by Gasteiger charge is 2.45. The number of methoxy groups -OCH3 is 1. The number of unbranched alkanes of at least 4 members (excludes halogenated alkanes) is 1. The zero-order valence-electron chi connectivity index (χ0n) is 28.2. The van der Waals surface area contributed by atoms with Crippen LogP contribution in [0.5, 0.6) is 17.2 Å². The van der Waals surface area contributed by atoms with Gasteiger partial charge in [-0.1, -0.05) is 59.1 Å². The number of aliphatic hydroxyl groups excluding tert-OH is 2. The van der Waals surface area contributed by atoms with Crippen molar-refractivity contribution in [3.8, 4) is 42.9 Å². The van der Waals surface area contributed by atoms with E-state index in [0.29, 0.717) is 0 Å². The molecular weight excluding hydrogens is 604 g/mol. The number of phenolic OH excluding ortho intramolecular Hbond substituents is 2. The summed E-state index contributed by atoms with van der Waals surface area (Å²) in [5.74, 6) is -2.99. The first-order valence-electron chi connectivity index (χ1n) is 15.7. The van der Waals surface area contributed by atoms with E-state index in [4.69, 9.17) is 19.7 Å². The number of phenols is 2. The van der Waals surface area contributed by atoms with E-state index in [2.05, 4.69) is 53.4 Å². The molecule has 5 rings (SSSR count). The molecule has 1 heterocycles. The number of ether oxygens (including phenoxy) is 2. The molecule has 2 atom stereocenters. The van der Waals surface area contributed by atoms with Crippen molar-refractivity contribution in [1.82, 2.24) is 0 Å². The number of fused-ring (bicyclic) bond motifs is 3. The highest BCUT2D eigenvalue weighted by molar-refractivity contribution is 6.31. The molecule has 1 aliphatic heterocycles. The summed E-state index contributed by atoms with van der Waals surface area (Å²) in [6.45, 7) is 8.47. The van der Waals surface area contributed by atoms with Crippen LogP contribution >= 0.6 is 0 Å². The van der Waals surface area contributed by atoms with Gasteiger partial charge in [0.2, 0.25) is 5.78 Å². The minimum Gasteiger partial charge on any atom is -0.507 e. The van der Waals surface area contributed by atoms with Gasteiger partial charge in [0.15, 0.2) is 17.9 Å². The van der Waals surface area contributed by atoms with Gasteiger partial charge in [0, 0.05) is 29.7 Å². The predicted molar refractivity (Wildman–Crippen MR) is 181 cm³/mol. The quantitative estimate of drug-likeness (QED) is 0.193. The molecule has 47 heavy (non-hydrogen) atoms. The zero-order chi connectivity index (χ0) is 36.3. The molecule has 258 valence electrons. The average molecular weight is 655 g/mol. The number of aliphatic hydroxyl groups is 3. The Hall–Kier alpha value is -4.19. The number of hydrogen-bond donors (Lipinski definition) is 5. The van der Waals surface area contributed by atoms with E-state index in [0.717, 1.165) is 25.9 Å². The lowest BCUT2D eigenvalue weighted by molar-refractivity contribution is -0.141. The highest BCUT2D eigenvalue weighted by Crippen LogP contribution is 2.48. The van der Waals surface area contributed by atoms with Gasteiger partial charge >= 0.3 is 0 Å². The molecule has 0 spiro atoms.